The van der Waals surface area contributed by atoms with Crippen molar-refractivity contribution in [3.8, 4) is 5.75 Å². The van der Waals surface area contributed by atoms with Crippen LogP contribution in [0.4, 0.5) is 0 Å². The molecule has 0 saturated carbocycles. The van der Waals surface area contributed by atoms with Crippen molar-refractivity contribution >= 4 is 11.8 Å². The van der Waals surface area contributed by atoms with Crippen molar-refractivity contribution in [2.75, 3.05) is 12.3 Å². The van der Waals surface area contributed by atoms with Crippen LogP contribution in [0, 0.1) is 0 Å². The topological polar surface area (TPSA) is 32.3 Å². The molecule has 100 valence electrons. The Kier molecular flexibility index (Phi) is 4.57. The monoisotopic (exact) mass is 265 g/mol. The molecule has 2 atom stereocenters. The third kappa shape index (κ3) is 3.42. The van der Waals surface area contributed by atoms with Crippen LogP contribution in [0.5, 0.6) is 5.75 Å². The van der Waals surface area contributed by atoms with Crippen molar-refractivity contribution in [1.29, 1.82) is 0 Å². The van der Waals surface area contributed by atoms with E-state index in [1.54, 1.807) is 12.1 Å². The Labute approximate surface area is 114 Å². The van der Waals surface area contributed by atoms with E-state index in [1.807, 2.05) is 12.1 Å². The van der Waals surface area contributed by atoms with Crippen LogP contribution in [0.3, 0.4) is 0 Å². The van der Waals surface area contributed by atoms with Gasteiger partial charge in [-0.25, -0.2) is 0 Å². The largest absolute Gasteiger partial charge is 0.508 e. The second-order valence-electron chi connectivity index (χ2n) is 5.34. The molecule has 0 spiro atoms. The van der Waals surface area contributed by atoms with Gasteiger partial charge in [0.25, 0.3) is 0 Å². The molecule has 0 aromatic heterocycles. The number of phenols is 1. The molecule has 1 saturated heterocycles. The summed E-state index contributed by atoms with van der Waals surface area (Å²) in [4.78, 5) is 0. The molecule has 1 aliphatic heterocycles. The Morgan fingerprint density at radius 1 is 1.39 bits per heavy atom. The quantitative estimate of drug-likeness (QED) is 0.851. The SMILES string of the molecule is CCC(NCC1(C)CCCS1)c1ccc(O)cc1. The molecular weight excluding hydrogens is 242 g/mol. The minimum absolute atomic E-state index is 0.340. The first-order valence-electron chi connectivity index (χ1n) is 6.79. The fourth-order valence-electron chi connectivity index (χ4n) is 2.52. The molecule has 0 aliphatic carbocycles. The Morgan fingerprint density at radius 3 is 2.67 bits per heavy atom. The maximum atomic E-state index is 9.33. The number of benzene rings is 1. The van der Waals surface area contributed by atoms with E-state index < -0.39 is 0 Å². The molecule has 1 aliphatic rings. The molecule has 2 nitrogen and oxygen atoms in total. The lowest BCUT2D eigenvalue weighted by Gasteiger charge is -2.27. The first-order chi connectivity index (χ1) is 8.63. The lowest BCUT2D eigenvalue weighted by atomic mass is 10.0. The predicted molar refractivity (Wildman–Crippen MR) is 79.2 cm³/mol. The number of hydrogen-bond donors (Lipinski definition) is 2. The van der Waals surface area contributed by atoms with Crippen molar-refractivity contribution in [3.63, 3.8) is 0 Å². The highest BCUT2D eigenvalue weighted by atomic mass is 32.2. The number of thioether (sulfide) groups is 1. The first-order valence-corrected chi connectivity index (χ1v) is 7.78. The van der Waals surface area contributed by atoms with Crippen molar-refractivity contribution < 1.29 is 5.11 Å². The van der Waals surface area contributed by atoms with Crippen molar-refractivity contribution in [2.24, 2.45) is 0 Å². The van der Waals surface area contributed by atoms with Crippen LogP contribution in [0.2, 0.25) is 0 Å². The molecule has 1 fully saturated rings. The molecule has 0 radical (unpaired) electrons. The molecule has 1 heterocycles. The van der Waals surface area contributed by atoms with Gasteiger partial charge in [-0.1, -0.05) is 19.1 Å². The zero-order valence-corrected chi connectivity index (χ0v) is 12.1. The van der Waals surface area contributed by atoms with Gasteiger partial charge in [0.2, 0.25) is 0 Å². The summed E-state index contributed by atoms with van der Waals surface area (Å²) in [6, 6.07) is 7.96. The highest BCUT2D eigenvalue weighted by molar-refractivity contribution is 8.00. The molecule has 2 unspecified atom stereocenters. The van der Waals surface area contributed by atoms with Gasteiger partial charge in [-0.2, -0.15) is 11.8 Å². The van der Waals surface area contributed by atoms with Crippen LogP contribution in [-0.2, 0) is 0 Å². The number of phenolic OH excluding ortho intramolecular Hbond substituents is 1. The number of nitrogens with one attached hydrogen (secondary N) is 1. The number of aromatic hydroxyl groups is 1. The zero-order valence-electron chi connectivity index (χ0n) is 11.3. The average Bonchev–Trinajstić information content (AvgIpc) is 2.79. The molecule has 2 N–H and O–H groups in total. The van der Waals surface area contributed by atoms with Crippen LogP contribution in [0.1, 0.15) is 44.7 Å². The van der Waals surface area contributed by atoms with E-state index in [4.69, 9.17) is 0 Å². The standard InChI is InChI=1S/C15H23NOS/c1-3-14(12-5-7-13(17)8-6-12)16-11-15(2)9-4-10-18-15/h5-8,14,16-17H,3-4,9-11H2,1-2H3. The fraction of sp³-hybridized carbons (Fsp3) is 0.600. The van der Waals surface area contributed by atoms with Crippen molar-refractivity contribution in [3.05, 3.63) is 29.8 Å². The number of hydrogen-bond acceptors (Lipinski definition) is 3. The van der Waals surface area contributed by atoms with E-state index in [2.05, 4.69) is 30.9 Å². The minimum atomic E-state index is 0.340. The molecule has 18 heavy (non-hydrogen) atoms. The van der Waals surface area contributed by atoms with Gasteiger partial charge in [-0.3, -0.25) is 0 Å². The molecule has 0 amide bonds. The van der Waals surface area contributed by atoms with Gasteiger partial charge < -0.3 is 10.4 Å². The van der Waals surface area contributed by atoms with E-state index >= 15 is 0 Å². The number of rotatable bonds is 5. The summed E-state index contributed by atoms with van der Waals surface area (Å²) >= 11 is 2.09. The summed E-state index contributed by atoms with van der Waals surface area (Å²) in [7, 11) is 0. The van der Waals surface area contributed by atoms with Crippen LogP contribution in [0.15, 0.2) is 24.3 Å². The van der Waals surface area contributed by atoms with Crippen LogP contribution in [0.25, 0.3) is 0 Å². The Hall–Kier alpha value is -0.670. The maximum absolute atomic E-state index is 9.33. The summed E-state index contributed by atoms with van der Waals surface area (Å²) in [5, 5.41) is 13.0. The van der Waals surface area contributed by atoms with Gasteiger partial charge in [-0.15, -0.1) is 0 Å². The van der Waals surface area contributed by atoms with Gasteiger partial charge in [0, 0.05) is 17.3 Å². The Bertz CT molecular complexity index is 371. The maximum Gasteiger partial charge on any atom is 0.115 e. The second kappa shape index (κ2) is 5.98. The van der Waals surface area contributed by atoms with E-state index in [9.17, 15) is 5.11 Å². The Balaban J connectivity index is 1.95. The van der Waals surface area contributed by atoms with Gasteiger partial charge in [-0.05, 0) is 49.6 Å². The van der Waals surface area contributed by atoms with Gasteiger partial charge in [0.1, 0.15) is 5.75 Å². The van der Waals surface area contributed by atoms with Crippen LogP contribution in [-0.4, -0.2) is 22.2 Å². The van der Waals surface area contributed by atoms with Crippen LogP contribution >= 0.6 is 11.8 Å². The van der Waals surface area contributed by atoms with Gasteiger partial charge in [0.15, 0.2) is 0 Å². The second-order valence-corrected chi connectivity index (χ2v) is 7.02. The van der Waals surface area contributed by atoms with Crippen molar-refractivity contribution in [2.45, 2.75) is 43.9 Å². The van der Waals surface area contributed by atoms with E-state index in [-0.39, 0.29) is 0 Å². The summed E-state index contributed by atoms with van der Waals surface area (Å²) in [5.41, 5.74) is 1.27. The van der Waals surface area contributed by atoms with E-state index in [1.165, 1.54) is 24.2 Å². The summed E-state index contributed by atoms with van der Waals surface area (Å²) in [6.07, 6.45) is 3.74. The minimum Gasteiger partial charge on any atom is -0.508 e. The third-order valence-corrected chi connectivity index (χ3v) is 5.26. The zero-order chi connectivity index (χ0) is 13.0. The fourth-order valence-corrected chi connectivity index (χ4v) is 3.78. The smallest absolute Gasteiger partial charge is 0.115 e. The molecule has 3 heteroatoms. The normalized spacial score (nSPS) is 25.2. The lowest BCUT2D eigenvalue weighted by Crippen LogP contribution is -2.35. The molecule has 0 bridgehead atoms. The highest BCUT2D eigenvalue weighted by Gasteiger charge is 2.29. The first kappa shape index (κ1) is 13.8. The van der Waals surface area contributed by atoms with E-state index in [0.717, 1.165) is 13.0 Å². The van der Waals surface area contributed by atoms with Gasteiger partial charge >= 0.3 is 0 Å². The Morgan fingerprint density at radius 2 is 2.11 bits per heavy atom. The van der Waals surface area contributed by atoms with E-state index in [0.29, 0.717) is 16.5 Å². The third-order valence-electron chi connectivity index (χ3n) is 3.73. The lowest BCUT2D eigenvalue weighted by molar-refractivity contribution is 0.458. The summed E-state index contributed by atoms with van der Waals surface area (Å²) in [5.74, 6) is 1.64. The van der Waals surface area contributed by atoms with Crippen molar-refractivity contribution in [1.82, 2.24) is 5.32 Å². The molecular formula is C15H23NOS. The molecule has 1 aromatic rings. The highest BCUT2D eigenvalue weighted by Crippen LogP contribution is 2.37. The molecule has 1 aromatic carbocycles. The summed E-state index contributed by atoms with van der Waals surface area (Å²) in [6.45, 7) is 5.63. The molecule has 2 rings (SSSR count). The van der Waals surface area contributed by atoms with Crippen LogP contribution < -0.4 is 5.32 Å². The van der Waals surface area contributed by atoms with Gasteiger partial charge in [0.05, 0.1) is 0 Å². The summed E-state index contributed by atoms with van der Waals surface area (Å²) < 4.78 is 0.407. The average molecular weight is 265 g/mol. The predicted octanol–water partition coefficient (Wildman–Crippen LogP) is 3.72.